The van der Waals surface area contributed by atoms with Crippen LogP contribution in [0.5, 0.6) is 5.75 Å². The number of methoxy groups -OCH3 is 1. The quantitative estimate of drug-likeness (QED) is 0.444. The fraction of sp³-hybridized carbons (Fsp3) is 0.643. The third kappa shape index (κ3) is 5.01. The minimum Gasteiger partial charge on any atom is -0.494 e. The number of fused-ring (bicyclic) bond motifs is 1. The molecule has 164 valence electrons. The van der Waals surface area contributed by atoms with Gasteiger partial charge in [-0.3, -0.25) is 0 Å². The van der Waals surface area contributed by atoms with Crippen LogP contribution in [0.1, 0.15) is 95.5 Å². The monoisotopic (exact) mass is 410 g/mol. The summed E-state index contributed by atoms with van der Waals surface area (Å²) in [5.74, 6) is 3.68. The van der Waals surface area contributed by atoms with Gasteiger partial charge in [-0.25, -0.2) is 4.39 Å². The average Bonchev–Trinajstić information content (AvgIpc) is 2.79. The van der Waals surface area contributed by atoms with Gasteiger partial charge < -0.3 is 4.74 Å². The minimum atomic E-state index is -0.242. The standard InChI is InChI=1S/C28H39FO/c1-3-4-20-5-7-21(8-6-20)9-10-22-11-13-23(14-12-22)24-15-17-26-25(19-24)16-18-27(30-2)28(26)29/h15-23H,3-14H2,1-2H3. The lowest BCUT2D eigenvalue weighted by atomic mass is 9.74. The van der Waals surface area contributed by atoms with E-state index in [-0.39, 0.29) is 5.82 Å². The van der Waals surface area contributed by atoms with Crippen LogP contribution in [0.2, 0.25) is 0 Å². The molecule has 0 heterocycles. The van der Waals surface area contributed by atoms with Crippen LogP contribution in [0.25, 0.3) is 10.8 Å². The Morgan fingerprint density at radius 1 is 0.800 bits per heavy atom. The zero-order chi connectivity index (χ0) is 20.9. The summed E-state index contributed by atoms with van der Waals surface area (Å²) in [7, 11) is 1.52. The van der Waals surface area contributed by atoms with Gasteiger partial charge in [0.1, 0.15) is 0 Å². The predicted octanol–water partition coefficient (Wildman–Crippen LogP) is 8.65. The molecular weight excluding hydrogens is 371 g/mol. The van der Waals surface area contributed by atoms with Crippen LogP contribution in [-0.2, 0) is 0 Å². The van der Waals surface area contributed by atoms with E-state index in [0.29, 0.717) is 17.1 Å². The molecule has 2 aliphatic rings. The lowest BCUT2D eigenvalue weighted by molar-refractivity contribution is 0.224. The van der Waals surface area contributed by atoms with E-state index in [1.165, 1.54) is 89.7 Å². The van der Waals surface area contributed by atoms with Crippen molar-refractivity contribution in [1.29, 1.82) is 0 Å². The lowest BCUT2D eigenvalue weighted by Crippen LogP contribution is -2.17. The first-order valence-electron chi connectivity index (χ1n) is 12.4. The van der Waals surface area contributed by atoms with Gasteiger partial charge >= 0.3 is 0 Å². The van der Waals surface area contributed by atoms with Crippen LogP contribution in [0.4, 0.5) is 4.39 Å². The van der Waals surface area contributed by atoms with Crippen LogP contribution in [0.3, 0.4) is 0 Å². The molecule has 2 aromatic carbocycles. The maximum Gasteiger partial charge on any atom is 0.172 e. The smallest absolute Gasteiger partial charge is 0.172 e. The van der Waals surface area contributed by atoms with Gasteiger partial charge in [-0.05, 0) is 66.4 Å². The fourth-order valence-electron chi connectivity index (χ4n) is 6.17. The largest absolute Gasteiger partial charge is 0.494 e. The molecule has 0 unspecified atom stereocenters. The van der Waals surface area contributed by atoms with E-state index in [1.807, 2.05) is 12.1 Å². The van der Waals surface area contributed by atoms with Gasteiger partial charge in [0.2, 0.25) is 0 Å². The Morgan fingerprint density at radius 2 is 1.40 bits per heavy atom. The van der Waals surface area contributed by atoms with Gasteiger partial charge in [0.05, 0.1) is 7.11 Å². The molecule has 0 radical (unpaired) electrons. The van der Waals surface area contributed by atoms with E-state index in [2.05, 4.69) is 19.1 Å². The van der Waals surface area contributed by atoms with E-state index < -0.39 is 0 Å². The molecule has 2 aromatic rings. The van der Waals surface area contributed by atoms with Gasteiger partial charge in [-0.1, -0.05) is 82.6 Å². The van der Waals surface area contributed by atoms with Gasteiger partial charge in [-0.2, -0.15) is 0 Å². The molecule has 0 amide bonds. The van der Waals surface area contributed by atoms with Crippen molar-refractivity contribution in [2.24, 2.45) is 17.8 Å². The summed E-state index contributed by atoms with van der Waals surface area (Å²) >= 11 is 0. The normalized spacial score (nSPS) is 27.3. The summed E-state index contributed by atoms with van der Waals surface area (Å²) < 4.78 is 19.6. The minimum absolute atomic E-state index is 0.242. The number of ether oxygens (including phenoxy) is 1. The molecule has 0 atom stereocenters. The summed E-state index contributed by atoms with van der Waals surface area (Å²) in [6.07, 6.45) is 17.0. The predicted molar refractivity (Wildman–Crippen MR) is 125 cm³/mol. The Balaban J connectivity index is 1.26. The fourth-order valence-corrected chi connectivity index (χ4v) is 6.17. The van der Waals surface area contributed by atoms with Crippen molar-refractivity contribution in [2.45, 2.75) is 89.9 Å². The number of halogens is 1. The molecule has 0 N–H and O–H groups in total. The first-order valence-corrected chi connectivity index (χ1v) is 12.4. The molecule has 0 saturated heterocycles. The number of benzene rings is 2. The topological polar surface area (TPSA) is 9.23 Å². The van der Waals surface area contributed by atoms with Crippen molar-refractivity contribution in [3.63, 3.8) is 0 Å². The van der Waals surface area contributed by atoms with Gasteiger partial charge in [0.25, 0.3) is 0 Å². The number of rotatable bonds is 7. The zero-order valence-corrected chi connectivity index (χ0v) is 19.0. The van der Waals surface area contributed by atoms with Crippen molar-refractivity contribution in [3.8, 4) is 5.75 Å². The second-order valence-electron chi connectivity index (χ2n) is 10.0. The van der Waals surface area contributed by atoms with Crippen molar-refractivity contribution < 1.29 is 9.13 Å². The molecule has 0 bridgehead atoms. The van der Waals surface area contributed by atoms with Crippen LogP contribution >= 0.6 is 0 Å². The van der Waals surface area contributed by atoms with Crippen molar-refractivity contribution >= 4 is 10.8 Å². The molecule has 4 rings (SSSR count). The highest BCUT2D eigenvalue weighted by molar-refractivity contribution is 5.85. The zero-order valence-electron chi connectivity index (χ0n) is 19.0. The Kier molecular flexibility index (Phi) is 7.33. The highest BCUT2D eigenvalue weighted by Gasteiger charge is 2.25. The first kappa shape index (κ1) is 21.7. The molecule has 1 nitrogen and oxygen atoms in total. The van der Waals surface area contributed by atoms with Gasteiger partial charge in [0.15, 0.2) is 11.6 Å². The second kappa shape index (κ2) is 10.2. The maximum atomic E-state index is 14.5. The second-order valence-corrected chi connectivity index (χ2v) is 10.0. The maximum absolute atomic E-state index is 14.5. The summed E-state index contributed by atoms with van der Waals surface area (Å²) in [5, 5.41) is 1.66. The van der Waals surface area contributed by atoms with Gasteiger partial charge in [-0.15, -0.1) is 0 Å². The van der Waals surface area contributed by atoms with Crippen molar-refractivity contribution in [3.05, 3.63) is 41.7 Å². The third-order valence-corrected chi connectivity index (χ3v) is 8.13. The van der Waals surface area contributed by atoms with E-state index in [0.717, 1.165) is 23.1 Å². The van der Waals surface area contributed by atoms with Crippen LogP contribution < -0.4 is 4.74 Å². The first-order chi connectivity index (χ1) is 14.7. The van der Waals surface area contributed by atoms with Crippen molar-refractivity contribution in [2.75, 3.05) is 7.11 Å². The van der Waals surface area contributed by atoms with E-state index in [4.69, 9.17) is 4.74 Å². The summed E-state index contributed by atoms with van der Waals surface area (Å²) in [6, 6.07) is 10.0. The molecule has 0 spiro atoms. The SMILES string of the molecule is CCCC1CCC(CCC2CCC(c3ccc4c(F)c(OC)ccc4c3)CC2)CC1. The average molecular weight is 411 g/mol. The molecule has 2 heteroatoms. The summed E-state index contributed by atoms with van der Waals surface area (Å²) in [5.41, 5.74) is 1.39. The Bertz CT molecular complexity index is 813. The molecule has 0 aliphatic heterocycles. The summed E-state index contributed by atoms with van der Waals surface area (Å²) in [6.45, 7) is 2.33. The Labute approximate surface area is 182 Å². The third-order valence-electron chi connectivity index (χ3n) is 8.13. The van der Waals surface area contributed by atoms with E-state index >= 15 is 0 Å². The molecular formula is C28H39FO. The van der Waals surface area contributed by atoms with Crippen molar-refractivity contribution in [1.82, 2.24) is 0 Å². The number of hydrogen-bond donors (Lipinski definition) is 0. The molecule has 2 saturated carbocycles. The number of hydrogen-bond acceptors (Lipinski definition) is 1. The van der Waals surface area contributed by atoms with E-state index in [1.54, 1.807) is 6.07 Å². The summed E-state index contributed by atoms with van der Waals surface area (Å²) in [4.78, 5) is 0. The molecule has 2 aliphatic carbocycles. The molecule has 0 aromatic heterocycles. The molecule has 2 fully saturated rings. The van der Waals surface area contributed by atoms with E-state index in [9.17, 15) is 4.39 Å². The Hall–Kier alpha value is -1.57. The highest BCUT2D eigenvalue weighted by Crippen LogP contribution is 2.41. The highest BCUT2D eigenvalue weighted by atomic mass is 19.1. The lowest BCUT2D eigenvalue weighted by Gasteiger charge is -2.32. The molecule has 30 heavy (non-hydrogen) atoms. The van der Waals surface area contributed by atoms with Crippen LogP contribution in [0.15, 0.2) is 30.3 Å². The van der Waals surface area contributed by atoms with Crippen LogP contribution in [-0.4, -0.2) is 7.11 Å². The van der Waals surface area contributed by atoms with Crippen LogP contribution in [0, 0.1) is 23.6 Å². The Morgan fingerprint density at radius 3 is 2.00 bits per heavy atom. The van der Waals surface area contributed by atoms with Gasteiger partial charge in [0, 0.05) is 5.39 Å².